The highest BCUT2D eigenvalue weighted by atomic mass is 16.6. The maximum Gasteiger partial charge on any atom is 0.377 e. The van der Waals surface area contributed by atoms with Crippen LogP contribution in [0.4, 0.5) is 0 Å². The average molecular weight is 241 g/mol. The highest BCUT2D eigenvalue weighted by Gasteiger charge is 2.23. The van der Waals surface area contributed by atoms with E-state index in [0.717, 1.165) is 0 Å². The molecule has 0 saturated carbocycles. The van der Waals surface area contributed by atoms with Crippen molar-refractivity contribution in [1.29, 1.82) is 0 Å². The van der Waals surface area contributed by atoms with Gasteiger partial charge in [0.2, 0.25) is 5.76 Å². The van der Waals surface area contributed by atoms with E-state index in [1.807, 2.05) is 0 Å². The molecule has 1 aromatic rings. The van der Waals surface area contributed by atoms with E-state index in [0.29, 0.717) is 0 Å². The summed E-state index contributed by atoms with van der Waals surface area (Å²) in [5, 5.41) is 3.44. The van der Waals surface area contributed by atoms with Crippen LogP contribution in [0.2, 0.25) is 0 Å². The molecule has 0 aliphatic heterocycles. The molecule has 0 aliphatic rings. The molecule has 94 valence electrons. The smallest absolute Gasteiger partial charge is 0.377 e. The summed E-state index contributed by atoms with van der Waals surface area (Å²) in [5.74, 6) is -1.42. The van der Waals surface area contributed by atoms with Crippen LogP contribution in [0.1, 0.15) is 48.7 Å². The molecule has 0 radical (unpaired) electrons. The molecule has 1 rings (SSSR count). The van der Waals surface area contributed by atoms with Crippen LogP contribution in [-0.4, -0.2) is 29.3 Å². The Kier molecular flexibility index (Phi) is 3.88. The fraction of sp³-hybridized carbons (Fsp3) is 0.545. The molecule has 17 heavy (non-hydrogen) atoms. The van der Waals surface area contributed by atoms with Crippen LogP contribution in [0, 0.1) is 0 Å². The number of esters is 2. The van der Waals surface area contributed by atoms with E-state index in [2.05, 4.69) is 5.16 Å². The molecule has 0 bridgehead atoms. The minimum atomic E-state index is -0.666. The molecule has 6 heteroatoms. The van der Waals surface area contributed by atoms with Crippen molar-refractivity contribution in [2.45, 2.75) is 33.3 Å². The largest absolute Gasteiger partial charge is 0.461 e. The highest BCUT2D eigenvalue weighted by Crippen LogP contribution is 2.13. The first-order valence-corrected chi connectivity index (χ1v) is 5.20. The zero-order chi connectivity index (χ0) is 13.1. The van der Waals surface area contributed by atoms with Crippen LogP contribution in [0.3, 0.4) is 0 Å². The second-order valence-electron chi connectivity index (χ2n) is 4.30. The molecular formula is C11H15NO5. The van der Waals surface area contributed by atoms with Gasteiger partial charge in [0.1, 0.15) is 5.60 Å². The number of hydrogen-bond donors (Lipinski definition) is 0. The van der Waals surface area contributed by atoms with Gasteiger partial charge in [-0.2, -0.15) is 0 Å². The van der Waals surface area contributed by atoms with Crippen molar-refractivity contribution >= 4 is 11.9 Å². The second kappa shape index (κ2) is 4.99. The Morgan fingerprint density at radius 3 is 2.53 bits per heavy atom. The Bertz CT molecular complexity index is 416. The third-order valence-corrected chi connectivity index (χ3v) is 1.59. The predicted octanol–water partition coefficient (Wildman–Crippen LogP) is 1.81. The molecule has 0 aliphatic carbocycles. The van der Waals surface area contributed by atoms with Crippen molar-refractivity contribution in [3.05, 3.63) is 17.5 Å². The highest BCUT2D eigenvalue weighted by molar-refractivity contribution is 5.92. The lowest BCUT2D eigenvalue weighted by atomic mass is 10.2. The minimum absolute atomic E-state index is 0.0484. The number of carbonyl (C=O) groups is 2. The molecule has 0 spiro atoms. The molecule has 0 saturated heterocycles. The SMILES string of the molecule is CCOC(=O)c1cc(C(=O)OC(C)(C)C)on1. The van der Waals surface area contributed by atoms with E-state index in [1.54, 1.807) is 27.7 Å². The molecule has 1 aromatic heterocycles. The van der Waals surface area contributed by atoms with E-state index in [4.69, 9.17) is 14.0 Å². The van der Waals surface area contributed by atoms with Crippen LogP contribution in [0.15, 0.2) is 10.6 Å². The van der Waals surface area contributed by atoms with Crippen LogP contribution in [0.25, 0.3) is 0 Å². The first kappa shape index (κ1) is 13.2. The quantitative estimate of drug-likeness (QED) is 0.751. The van der Waals surface area contributed by atoms with Crippen LogP contribution < -0.4 is 0 Å². The number of nitrogens with zero attached hydrogens (tertiary/aromatic N) is 1. The number of carbonyl (C=O) groups excluding carboxylic acids is 2. The maximum atomic E-state index is 11.5. The Balaban J connectivity index is 2.74. The maximum absolute atomic E-state index is 11.5. The van der Waals surface area contributed by atoms with Crippen molar-refractivity contribution in [2.75, 3.05) is 6.61 Å². The second-order valence-corrected chi connectivity index (χ2v) is 4.30. The number of hydrogen-bond acceptors (Lipinski definition) is 6. The molecule has 0 N–H and O–H groups in total. The summed E-state index contributed by atoms with van der Waals surface area (Å²) >= 11 is 0. The summed E-state index contributed by atoms with van der Waals surface area (Å²) in [7, 11) is 0. The zero-order valence-corrected chi connectivity index (χ0v) is 10.3. The van der Waals surface area contributed by atoms with Gasteiger partial charge in [0.15, 0.2) is 5.69 Å². The summed E-state index contributed by atoms with van der Waals surface area (Å²) in [5.41, 5.74) is -0.679. The van der Waals surface area contributed by atoms with Gasteiger partial charge in [0, 0.05) is 6.07 Å². The fourth-order valence-electron chi connectivity index (χ4n) is 1.00. The lowest BCUT2D eigenvalue weighted by molar-refractivity contribution is 0.00270. The van der Waals surface area contributed by atoms with Gasteiger partial charge in [-0.25, -0.2) is 9.59 Å². The van der Waals surface area contributed by atoms with Gasteiger partial charge in [0.25, 0.3) is 0 Å². The lowest BCUT2D eigenvalue weighted by Crippen LogP contribution is -2.23. The number of aromatic nitrogens is 1. The fourth-order valence-corrected chi connectivity index (χ4v) is 1.00. The summed E-state index contributed by atoms with van der Waals surface area (Å²) in [6.45, 7) is 7.09. The van der Waals surface area contributed by atoms with Crippen molar-refractivity contribution < 1.29 is 23.6 Å². The van der Waals surface area contributed by atoms with E-state index in [1.165, 1.54) is 6.07 Å². The third-order valence-electron chi connectivity index (χ3n) is 1.59. The van der Waals surface area contributed by atoms with E-state index in [9.17, 15) is 9.59 Å². The standard InChI is InChI=1S/C11H15NO5/c1-5-15-9(13)7-6-8(17-12-7)10(14)16-11(2,3)4/h6H,5H2,1-4H3. The summed E-state index contributed by atoms with van der Waals surface area (Å²) in [4.78, 5) is 22.8. The minimum Gasteiger partial charge on any atom is -0.461 e. The van der Waals surface area contributed by atoms with Crippen molar-refractivity contribution in [3.63, 3.8) is 0 Å². The summed E-state index contributed by atoms with van der Waals surface area (Å²) in [6.07, 6.45) is 0. The Morgan fingerprint density at radius 1 is 1.35 bits per heavy atom. The van der Waals surface area contributed by atoms with Gasteiger partial charge < -0.3 is 14.0 Å². The van der Waals surface area contributed by atoms with Crippen molar-refractivity contribution in [2.24, 2.45) is 0 Å². The first-order valence-electron chi connectivity index (χ1n) is 5.20. The Hall–Kier alpha value is -1.85. The lowest BCUT2D eigenvalue weighted by Gasteiger charge is -2.17. The van der Waals surface area contributed by atoms with Crippen LogP contribution in [-0.2, 0) is 9.47 Å². The third kappa shape index (κ3) is 3.90. The zero-order valence-electron chi connectivity index (χ0n) is 10.3. The number of ether oxygens (including phenoxy) is 2. The molecule has 0 fully saturated rings. The van der Waals surface area contributed by atoms with Crippen LogP contribution in [0.5, 0.6) is 0 Å². The summed E-state index contributed by atoms with van der Waals surface area (Å²) < 4.78 is 14.5. The molecule has 1 heterocycles. The average Bonchev–Trinajstić information content (AvgIpc) is 2.63. The monoisotopic (exact) mass is 241 g/mol. The molecule has 0 atom stereocenters. The van der Waals surface area contributed by atoms with Gasteiger partial charge in [-0.3, -0.25) is 0 Å². The van der Waals surface area contributed by atoms with E-state index >= 15 is 0 Å². The first-order chi connectivity index (χ1) is 7.83. The summed E-state index contributed by atoms with van der Waals surface area (Å²) in [6, 6.07) is 1.20. The number of rotatable bonds is 3. The van der Waals surface area contributed by atoms with E-state index < -0.39 is 17.5 Å². The molecule has 0 amide bonds. The normalized spacial score (nSPS) is 11.1. The van der Waals surface area contributed by atoms with Gasteiger partial charge in [-0.1, -0.05) is 5.16 Å². The topological polar surface area (TPSA) is 78.6 Å². The molecule has 0 unspecified atom stereocenters. The molecular weight excluding hydrogens is 226 g/mol. The van der Waals surface area contributed by atoms with Gasteiger partial charge in [-0.05, 0) is 27.7 Å². The Labute approximate surface area is 98.9 Å². The van der Waals surface area contributed by atoms with Gasteiger partial charge in [0.05, 0.1) is 6.61 Å². The Morgan fingerprint density at radius 2 is 2.00 bits per heavy atom. The van der Waals surface area contributed by atoms with Gasteiger partial charge >= 0.3 is 11.9 Å². The van der Waals surface area contributed by atoms with Gasteiger partial charge in [-0.15, -0.1) is 0 Å². The van der Waals surface area contributed by atoms with Crippen molar-refractivity contribution in [1.82, 2.24) is 5.16 Å². The predicted molar refractivity (Wildman–Crippen MR) is 57.6 cm³/mol. The van der Waals surface area contributed by atoms with E-state index in [-0.39, 0.29) is 18.1 Å². The van der Waals surface area contributed by atoms with Crippen LogP contribution >= 0.6 is 0 Å². The molecule has 6 nitrogen and oxygen atoms in total. The molecule has 0 aromatic carbocycles. The van der Waals surface area contributed by atoms with Crippen molar-refractivity contribution in [3.8, 4) is 0 Å².